The van der Waals surface area contributed by atoms with Crippen molar-refractivity contribution in [3.8, 4) is 11.1 Å². The van der Waals surface area contributed by atoms with E-state index < -0.39 is 17.8 Å². The predicted molar refractivity (Wildman–Crippen MR) is 174 cm³/mol. The van der Waals surface area contributed by atoms with Gasteiger partial charge in [-0.15, -0.1) is 0 Å². The highest BCUT2D eigenvalue weighted by atomic mass is 19.1. The molecule has 1 fully saturated rings. The van der Waals surface area contributed by atoms with Crippen LogP contribution < -0.4 is 16.5 Å². The molecule has 0 radical (unpaired) electrons. The summed E-state index contributed by atoms with van der Waals surface area (Å²) in [4.78, 5) is 21.7. The van der Waals surface area contributed by atoms with Crippen LogP contribution in [0.1, 0.15) is 88.2 Å². The Bertz CT molecular complexity index is 1670. The molecule has 0 spiro atoms. The van der Waals surface area contributed by atoms with Gasteiger partial charge >= 0.3 is 0 Å². The Morgan fingerprint density at radius 3 is 2.52 bits per heavy atom. The van der Waals surface area contributed by atoms with Crippen molar-refractivity contribution >= 4 is 12.2 Å². The number of benzene rings is 2. The maximum absolute atomic E-state index is 15.8. The van der Waals surface area contributed by atoms with E-state index in [-0.39, 0.29) is 41.7 Å². The van der Waals surface area contributed by atoms with Crippen LogP contribution in [0.5, 0.6) is 0 Å². The van der Waals surface area contributed by atoms with E-state index in [2.05, 4.69) is 15.3 Å². The molecule has 1 heterocycles. The topological polar surface area (TPSA) is 180 Å². The number of hydrogen-bond acceptors (Lipinski definition) is 7. The Morgan fingerprint density at radius 2 is 1.91 bits per heavy atom. The molecule has 12 heteroatoms. The van der Waals surface area contributed by atoms with Crippen molar-refractivity contribution in [1.29, 1.82) is 10.8 Å². The van der Waals surface area contributed by atoms with Crippen LogP contribution in [-0.2, 0) is 17.6 Å². The van der Waals surface area contributed by atoms with Gasteiger partial charge in [0.2, 0.25) is 12.0 Å². The highest BCUT2D eigenvalue weighted by molar-refractivity contribution is 6.02. The van der Waals surface area contributed by atoms with Crippen LogP contribution in [0.15, 0.2) is 52.3 Å². The molecule has 11 nitrogen and oxygen atoms in total. The highest BCUT2D eigenvalue weighted by Crippen LogP contribution is 2.31. The van der Waals surface area contributed by atoms with Crippen molar-refractivity contribution in [1.82, 2.24) is 14.9 Å². The average molecular weight is 637 g/mol. The van der Waals surface area contributed by atoms with Crippen LogP contribution in [-0.4, -0.2) is 61.3 Å². The van der Waals surface area contributed by atoms with Gasteiger partial charge in [-0.3, -0.25) is 20.2 Å². The Kier molecular flexibility index (Phi) is 11.4. The summed E-state index contributed by atoms with van der Waals surface area (Å²) in [5.74, 6) is -0.743. The van der Waals surface area contributed by atoms with Gasteiger partial charge in [-0.1, -0.05) is 49.7 Å². The molecular weight excluding hydrogens is 591 g/mol. The second-order valence-corrected chi connectivity index (χ2v) is 12.4. The summed E-state index contributed by atoms with van der Waals surface area (Å²) in [5, 5.41) is 46.9. The molecule has 7 N–H and O–H groups in total. The Balaban J connectivity index is 1.67. The predicted octanol–water partition coefficient (Wildman–Crippen LogP) is 3.88. The fourth-order valence-electron chi connectivity index (χ4n) is 5.88. The number of halogens is 1. The van der Waals surface area contributed by atoms with E-state index in [1.165, 1.54) is 6.07 Å². The average Bonchev–Trinajstić information content (AvgIpc) is 3.00. The standard InChI is InChI=1S/C34H45FN6O5/c1-5-8-29-27(17-22-12-11-21(18-28(22)35)25-9-6-7-10-26(25)30(37)40-33(43)44)31(42)41(32(39-29)38-19-36)23-13-15-24(16-14-23)46-20(2)34(3,4)45/h6-7,9-12,18-20,23-24,33,43-45H,5,8,13-17H2,1-4H3,(H2,37,40)(H2,36,38,39)/t20?,23-,24-. The molecule has 0 saturated heterocycles. The van der Waals surface area contributed by atoms with Crippen molar-refractivity contribution in [2.45, 2.75) is 103 Å². The van der Waals surface area contributed by atoms with Crippen molar-refractivity contribution in [2.75, 3.05) is 0 Å². The number of amidine groups is 1. The second-order valence-electron chi connectivity index (χ2n) is 12.4. The number of nitrogens with one attached hydrogen (secondary N) is 4. The Morgan fingerprint density at radius 1 is 1.22 bits per heavy atom. The molecule has 1 saturated carbocycles. The van der Waals surface area contributed by atoms with Gasteiger partial charge in [-0.05, 0) is 75.6 Å². The maximum atomic E-state index is 15.8. The summed E-state index contributed by atoms with van der Waals surface area (Å²) in [5.41, 5.74) is 1.85. The van der Waals surface area contributed by atoms with Crippen LogP contribution in [0.2, 0.25) is 0 Å². The van der Waals surface area contributed by atoms with Gasteiger partial charge in [0.15, 0.2) is 0 Å². The van der Waals surface area contributed by atoms with Gasteiger partial charge in [0.1, 0.15) is 18.0 Å². The summed E-state index contributed by atoms with van der Waals surface area (Å²) < 4.78 is 23.5. The number of H-pyrrole nitrogens is 1. The number of hydrogen-bond donors (Lipinski definition) is 7. The van der Waals surface area contributed by atoms with Crippen molar-refractivity contribution < 1.29 is 24.4 Å². The Labute approximate surface area is 267 Å². The summed E-state index contributed by atoms with van der Waals surface area (Å²) in [7, 11) is 0. The number of aliphatic hydroxyl groups excluding tert-OH is 1. The first-order valence-electron chi connectivity index (χ1n) is 15.7. The number of aromatic amines is 1. The molecular formula is C34H45FN6O5. The molecule has 4 rings (SSSR count). The number of aromatic nitrogens is 2. The highest BCUT2D eigenvalue weighted by Gasteiger charge is 2.31. The maximum Gasteiger partial charge on any atom is 0.258 e. The number of nitrogens with zero attached hydrogens (tertiary/aromatic N) is 2. The Hall–Kier alpha value is -3.97. The quantitative estimate of drug-likeness (QED) is 0.0901. The molecule has 0 aliphatic heterocycles. The number of aliphatic hydroxyl groups is 3. The van der Waals surface area contributed by atoms with E-state index in [1.54, 1.807) is 54.8 Å². The SMILES string of the molecule is CCCc1[nH]/c(=N\C=N)n([C@H]2CC[C@H](OC(C)C(C)(C)O)CC2)c(=O)c1Cc1ccc(-c2ccccc2C(=N)NC(O)O)cc1F. The lowest BCUT2D eigenvalue weighted by atomic mass is 9.91. The van der Waals surface area contributed by atoms with E-state index in [9.17, 15) is 20.1 Å². The third-order valence-electron chi connectivity index (χ3n) is 8.62. The zero-order chi connectivity index (χ0) is 33.6. The van der Waals surface area contributed by atoms with Crippen LogP contribution in [0, 0.1) is 16.6 Å². The van der Waals surface area contributed by atoms with Crippen LogP contribution in [0.3, 0.4) is 0 Å². The minimum absolute atomic E-state index is 0.0406. The number of aryl methyl sites for hydroxylation is 1. The van der Waals surface area contributed by atoms with Gasteiger partial charge < -0.3 is 30.4 Å². The number of ether oxygens (including phenoxy) is 1. The van der Waals surface area contributed by atoms with E-state index in [0.717, 1.165) is 12.8 Å². The van der Waals surface area contributed by atoms with Crippen molar-refractivity contribution in [2.24, 2.45) is 4.99 Å². The summed E-state index contributed by atoms with van der Waals surface area (Å²) in [6.45, 7) is 7.27. The molecule has 1 aliphatic carbocycles. The van der Waals surface area contributed by atoms with Gasteiger partial charge in [0.05, 0.1) is 17.8 Å². The van der Waals surface area contributed by atoms with Gasteiger partial charge in [-0.2, -0.15) is 0 Å². The zero-order valence-electron chi connectivity index (χ0n) is 26.8. The van der Waals surface area contributed by atoms with Gasteiger partial charge in [-0.25, -0.2) is 9.38 Å². The monoisotopic (exact) mass is 636 g/mol. The van der Waals surface area contributed by atoms with E-state index in [1.807, 2.05) is 13.8 Å². The molecule has 46 heavy (non-hydrogen) atoms. The third kappa shape index (κ3) is 8.24. The molecule has 0 amide bonds. The normalized spacial score (nSPS) is 18.1. The van der Waals surface area contributed by atoms with Crippen LogP contribution >= 0.6 is 0 Å². The molecule has 1 atom stereocenters. The lowest BCUT2D eigenvalue weighted by Crippen LogP contribution is -2.44. The molecule has 1 aliphatic rings. The summed E-state index contributed by atoms with van der Waals surface area (Å²) in [6, 6.07) is 11.3. The third-order valence-corrected chi connectivity index (χ3v) is 8.62. The van der Waals surface area contributed by atoms with Crippen molar-refractivity contribution in [3.05, 3.63) is 86.6 Å². The minimum atomic E-state index is -1.92. The summed E-state index contributed by atoms with van der Waals surface area (Å²) in [6.07, 6.45) is 2.58. The van der Waals surface area contributed by atoms with Crippen molar-refractivity contribution in [3.63, 3.8) is 0 Å². The molecule has 1 aromatic heterocycles. The van der Waals surface area contributed by atoms with Crippen LogP contribution in [0.4, 0.5) is 4.39 Å². The molecule has 2 aromatic carbocycles. The van der Waals surface area contributed by atoms with Crippen LogP contribution in [0.25, 0.3) is 11.1 Å². The van der Waals surface area contributed by atoms with E-state index >= 15 is 4.39 Å². The van der Waals surface area contributed by atoms with E-state index in [4.69, 9.17) is 15.6 Å². The first kappa shape index (κ1) is 34.9. The molecule has 1 unspecified atom stereocenters. The first-order valence-corrected chi connectivity index (χ1v) is 15.7. The summed E-state index contributed by atoms with van der Waals surface area (Å²) >= 11 is 0. The van der Waals surface area contributed by atoms with Gasteiger partial charge in [0, 0.05) is 29.3 Å². The fraction of sp³-hybridized carbons (Fsp3) is 0.471. The largest absolute Gasteiger partial charge is 0.388 e. The minimum Gasteiger partial charge on any atom is -0.388 e. The zero-order valence-corrected chi connectivity index (χ0v) is 26.8. The first-order chi connectivity index (χ1) is 21.8. The molecule has 3 aromatic rings. The molecule has 248 valence electrons. The lowest BCUT2D eigenvalue weighted by Gasteiger charge is -2.35. The lowest BCUT2D eigenvalue weighted by molar-refractivity contribution is -0.118. The fourth-order valence-corrected chi connectivity index (χ4v) is 5.88. The van der Waals surface area contributed by atoms with Gasteiger partial charge in [0.25, 0.3) is 5.56 Å². The number of rotatable bonds is 12. The molecule has 0 bridgehead atoms. The smallest absolute Gasteiger partial charge is 0.258 e. The second kappa shape index (κ2) is 15.1. The van der Waals surface area contributed by atoms with E-state index in [0.29, 0.717) is 65.6 Å².